The molecule has 0 N–H and O–H groups in total. The minimum atomic E-state index is -0.483. The van der Waals surface area contributed by atoms with Crippen molar-refractivity contribution in [2.75, 3.05) is 6.54 Å². The normalized spacial score (nSPS) is 16.9. The number of urea groups is 1. The average Bonchev–Trinajstić information content (AvgIpc) is 2.53. The number of imide groups is 1. The van der Waals surface area contributed by atoms with Crippen LogP contribution in [-0.4, -0.2) is 43.5 Å². The molecule has 3 amide bonds. The van der Waals surface area contributed by atoms with Gasteiger partial charge < -0.3 is 4.90 Å². The summed E-state index contributed by atoms with van der Waals surface area (Å²) in [6.07, 6.45) is 1.03. The van der Waals surface area contributed by atoms with E-state index in [2.05, 4.69) is 0 Å². The Morgan fingerprint density at radius 1 is 1.13 bits per heavy atom. The first-order valence-corrected chi connectivity index (χ1v) is 7.64. The van der Waals surface area contributed by atoms with Crippen LogP contribution < -0.4 is 11.2 Å². The van der Waals surface area contributed by atoms with Crippen molar-refractivity contribution in [1.82, 2.24) is 18.9 Å². The van der Waals surface area contributed by atoms with Gasteiger partial charge in [0.05, 0.1) is 6.54 Å². The molecule has 0 aliphatic carbocycles. The summed E-state index contributed by atoms with van der Waals surface area (Å²) < 4.78 is 2.26. The van der Waals surface area contributed by atoms with Crippen LogP contribution in [0.25, 0.3) is 0 Å². The molecule has 0 saturated carbocycles. The van der Waals surface area contributed by atoms with Crippen molar-refractivity contribution in [3.8, 4) is 0 Å². The van der Waals surface area contributed by atoms with Gasteiger partial charge in [-0.3, -0.25) is 23.6 Å². The minimum Gasteiger partial charge on any atom is -0.321 e. The van der Waals surface area contributed by atoms with Gasteiger partial charge in [0.1, 0.15) is 0 Å². The number of rotatable bonds is 4. The van der Waals surface area contributed by atoms with E-state index in [-0.39, 0.29) is 30.9 Å². The summed E-state index contributed by atoms with van der Waals surface area (Å²) in [5.74, 6) is -0.289. The Morgan fingerprint density at radius 2 is 1.78 bits per heavy atom. The standard InChI is InChI=1S/C15H22N4O4/c1-5-10(2)18-7-6-12(20)19(15(18)23)9-11-8-13(21)17(4)14(22)16(11)3/h8,10H,5-7,9H2,1-4H3/t10-/m1/s1. The van der Waals surface area contributed by atoms with Crippen LogP contribution >= 0.6 is 0 Å². The lowest BCUT2D eigenvalue weighted by Gasteiger charge is -2.37. The monoisotopic (exact) mass is 322 g/mol. The quantitative estimate of drug-likeness (QED) is 0.783. The summed E-state index contributed by atoms with van der Waals surface area (Å²) in [5, 5.41) is 0. The largest absolute Gasteiger partial charge is 0.330 e. The van der Waals surface area contributed by atoms with Gasteiger partial charge in [-0.1, -0.05) is 6.92 Å². The molecule has 23 heavy (non-hydrogen) atoms. The summed E-state index contributed by atoms with van der Waals surface area (Å²) >= 11 is 0. The van der Waals surface area contributed by atoms with Crippen LogP contribution in [0.3, 0.4) is 0 Å². The molecular formula is C15H22N4O4. The molecule has 0 bridgehead atoms. The minimum absolute atomic E-state index is 0.0329. The second-order valence-corrected chi connectivity index (χ2v) is 5.84. The van der Waals surface area contributed by atoms with Gasteiger partial charge >= 0.3 is 11.7 Å². The Morgan fingerprint density at radius 3 is 2.39 bits per heavy atom. The van der Waals surface area contributed by atoms with Crippen LogP contribution in [0.1, 0.15) is 32.4 Å². The molecule has 2 heterocycles. The zero-order valence-corrected chi connectivity index (χ0v) is 13.9. The number of amides is 3. The summed E-state index contributed by atoms with van der Waals surface area (Å²) in [6, 6.07) is 0.943. The fourth-order valence-corrected chi connectivity index (χ4v) is 2.59. The van der Waals surface area contributed by atoms with Crippen molar-refractivity contribution >= 4 is 11.9 Å². The molecule has 126 valence electrons. The van der Waals surface area contributed by atoms with Crippen molar-refractivity contribution in [2.24, 2.45) is 14.1 Å². The van der Waals surface area contributed by atoms with Crippen molar-refractivity contribution in [3.63, 3.8) is 0 Å². The lowest BCUT2D eigenvalue weighted by atomic mass is 10.1. The fraction of sp³-hybridized carbons (Fsp3) is 0.600. The molecule has 8 heteroatoms. The van der Waals surface area contributed by atoms with E-state index >= 15 is 0 Å². The lowest BCUT2D eigenvalue weighted by molar-refractivity contribution is -0.132. The molecule has 1 aromatic rings. The van der Waals surface area contributed by atoms with E-state index in [4.69, 9.17) is 0 Å². The molecule has 1 atom stereocenters. The van der Waals surface area contributed by atoms with Crippen molar-refractivity contribution < 1.29 is 9.59 Å². The highest BCUT2D eigenvalue weighted by atomic mass is 16.2. The fourth-order valence-electron chi connectivity index (χ4n) is 2.59. The molecule has 0 aromatic carbocycles. The maximum absolute atomic E-state index is 12.5. The Bertz CT molecular complexity index is 749. The zero-order valence-electron chi connectivity index (χ0n) is 13.9. The van der Waals surface area contributed by atoms with Gasteiger partial charge in [0.25, 0.3) is 5.56 Å². The lowest BCUT2D eigenvalue weighted by Crippen LogP contribution is -2.55. The van der Waals surface area contributed by atoms with Gasteiger partial charge in [-0.05, 0) is 13.3 Å². The van der Waals surface area contributed by atoms with Gasteiger partial charge in [-0.2, -0.15) is 0 Å². The van der Waals surface area contributed by atoms with E-state index in [0.717, 1.165) is 15.9 Å². The van der Waals surface area contributed by atoms with Crippen molar-refractivity contribution in [2.45, 2.75) is 39.3 Å². The third-order valence-electron chi connectivity index (χ3n) is 4.41. The van der Waals surface area contributed by atoms with Crippen LogP contribution in [-0.2, 0) is 25.4 Å². The number of nitrogens with zero attached hydrogens (tertiary/aromatic N) is 4. The van der Waals surface area contributed by atoms with E-state index in [9.17, 15) is 19.2 Å². The maximum Gasteiger partial charge on any atom is 0.330 e. The molecule has 1 fully saturated rings. The topological polar surface area (TPSA) is 84.6 Å². The predicted molar refractivity (Wildman–Crippen MR) is 83.9 cm³/mol. The van der Waals surface area contributed by atoms with Crippen LogP contribution in [0.15, 0.2) is 15.7 Å². The number of carbonyl (C=O) groups excluding carboxylic acids is 2. The number of hydrogen-bond acceptors (Lipinski definition) is 4. The summed E-state index contributed by atoms with van der Waals surface area (Å²) in [6.45, 7) is 4.23. The van der Waals surface area contributed by atoms with Gasteiger partial charge in [0.15, 0.2) is 0 Å². The molecule has 2 rings (SSSR count). The third-order valence-corrected chi connectivity index (χ3v) is 4.41. The smallest absolute Gasteiger partial charge is 0.321 e. The Balaban J connectivity index is 2.35. The molecule has 1 saturated heterocycles. The number of carbonyl (C=O) groups is 2. The highest BCUT2D eigenvalue weighted by molar-refractivity contribution is 5.96. The second-order valence-electron chi connectivity index (χ2n) is 5.84. The van der Waals surface area contributed by atoms with Crippen LogP contribution in [0.4, 0.5) is 4.79 Å². The van der Waals surface area contributed by atoms with E-state index in [1.165, 1.54) is 24.7 Å². The maximum atomic E-state index is 12.5. The highest BCUT2D eigenvalue weighted by Crippen LogP contribution is 2.17. The molecular weight excluding hydrogens is 300 g/mol. The SMILES string of the molecule is CC[C@@H](C)N1CCC(=O)N(Cc2cc(=O)n(C)c(=O)n2C)C1=O. The molecule has 8 nitrogen and oxygen atoms in total. The van der Waals surface area contributed by atoms with E-state index < -0.39 is 11.2 Å². The van der Waals surface area contributed by atoms with E-state index in [0.29, 0.717) is 12.2 Å². The Hall–Kier alpha value is -2.38. The Labute approximate surface area is 133 Å². The van der Waals surface area contributed by atoms with E-state index in [1.54, 1.807) is 4.90 Å². The molecule has 1 aliphatic rings. The molecule has 0 unspecified atom stereocenters. The van der Waals surface area contributed by atoms with Gasteiger partial charge in [0, 0.05) is 44.9 Å². The first-order valence-electron chi connectivity index (χ1n) is 7.64. The number of aromatic nitrogens is 2. The molecule has 1 aromatic heterocycles. The average molecular weight is 322 g/mol. The van der Waals surface area contributed by atoms with Gasteiger partial charge in [0.2, 0.25) is 5.91 Å². The first kappa shape index (κ1) is 17.0. The molecule has 0 radical (unpaired) electrons. The summed E-state index contributed by atoms with van der Waals surface area (Å²) in [7, 11) is 2.90. The van der Waals surface area contributed by atoms with Gasteiger partial charge in [-0.25, -0.2) is 9.59 Å². The predicted octanol–water partition coefficient (Wildman–Crippen LogP) is 0.0368. The van der Waals surface area contributed by atoms with Crippen LogP contribution in [0, 0.1) is 0 Å². The van der Waals surface area contributed by atoms with Crippen molar-refractivity contribution in [1.29, 1.82) is 0 Å². The van der Waals surface area contributed by atoms with Crippen LogP contribution in [0.5, 0.6) is 0 Å². The first-order chi connectivity index (χ1) is 10.8. The van der Waals surface area contributed by atoms with Gasteiger partial charge in [-0.15, -0.1) is 0 Å². The Kier molecular flexibility index (Phi) is 4.72. The molecule has 0 spiro atoms. The highest BCUT2D eigenvalue weighted by Gasteiger charge is 2.34. The van der Waals surface area contributed by atoms with E-state index in [1.807, 2.05) is 13.8 Å². The molecule has 1 aliphatic heterocycles. The number of hydrogen-bond donors (Lipinski definition) is 0. The summed E-state index contributed by atoms with van der Waals surface area (Å²) in [4.78, 5) is 51.2. The van der Waals surface area contributed by atoms with Crippen molar-refractivity contribution in [3.05, 3.63) is 32.6 Å². The third kappa shape index (κ3) is 3.06. The van der Waals surface area contributed by atoms with Crippen LogP contribution in [0.2, 0.25) is 0 Å². The second kappa shape index (κ2) is 6.39. The zero-order chi connectivity index (χ0) is 17.3. The summed E-state index contributed by atoms with van der Waals surface area (Å²) in [5.41, 5.74) is -0.604.